The Kier molecular flexibility index (Phi) is 4.21. The predicted octanol–water partition coefficient (Wildman–Crippen LogP) is 2.49. The van der Waals surface area contributed by atoms with Gasteiger partial charge >= 0.3 is 0 Å². The highest BCUT2D eigenvalue weighted by Gasteiger charge is 2.18. The number of nitrogens with one attached hydrogen (secondary N) is 1. The summed E-state index contributed by atoms with van der Waals surface area (Å²) in [6.07, 6.45) is 5.32. The molecule has 0 saturated carbocycles. The highest BCUT2D eigenvalue weighted by molar-refractivity contribution is 7.92. The van der Waals surface area contributed by atoms with Gasteiger partial charge in [-0.05, 0) is 43.9 Å². The van der Waals surface area contributed by atoms with E-state index >= 15 is 0 Å². The van der Waals surface area contributed by atoms with Crippen LogP contribution in [0.1, 0.15) is 24.0 Å². The van der Waals surface area contributed by atoms with Crippen molar-refractivity contribution < 1.29 is 8.42 Å². The molecule has 0 atom stereocenters. The van der Waals surface area contributed by atoms with Crippen LogP contribution >= 0.6 is 0 Å². The van der Waals surface area contributed by atoms with Crippen molar-refractivity contribution in [3.05, 3.63) is 41.7 Å². The molecule has 0 bridgehead atoms. The van der Waals surface area contributed by atoms with Gasteiger partial charge < -0.3 is 4.90 Å². The number of sulfonamides is 1. The molecule has 3 rings (SSSR count). The van der Waals surface area contributed by atoms with Gasteiger partial charge in [0.25, 0.3) is 10.0 Å². The molecule has 2 aromatic rings. The van der Waals surface area contributed by atoms with Crippen LogP contribution in [0.4, 0.5) is 11.6 Å². The van der Waals surface area contributed by atoms with Gasteiger partial charge in [-0.1, -0.05) is 12.1 Å². The van der Waals surface area contributed by atoms with Gasteiger partial charge in [0.1, 0.15) is 0 Å². The summed E-state index contributed by atoms with van der Waals surface area (Å²) in [4.78, 5) is 10.9. The number of rotatable bonds is 4. The fraction of sp³-hybridized carbons (Fsp3) is 0.375. The lowest BCUT2D eigenvalue weighted by Gasteiger charge is -2.15. The number of benzene rings is 1. The Morgan fingerprint density at radius 3 is 2.39 bits per heavy atom. The van der Waals surface area contributed by atoms with Gasteiger partial charge in [0.2, 0.25) is 5.95 Å². The van der Waals surface area contributed by atoms with Crippen LogP contribution in [-0.4, -0.2) is 31.5 Å². The fourth-order valence-electron chi connectivity index (χ4n) is 2.66. The van der Waals surface area contributed by atoms with Crippen LogP contribution in [0.2, 0.25) is 0 Å². The molecule has 0 amide bonds. The minimum absolute atomic E-state index is 0.279. The molecule has 0 radical (unpaired) electrons. The normalized spacial score (nSPS) is 15.0. The first-order chi connectivity index (χ1) is 11.0. The predicted molar refractivity (Wildman–Crippen MR) is 90.2 cm³/mol. The number of aromatic nitrogens is 2. The third-order valence-electron chi connectivity index (χ3n) is 3.91. The molecule has 23 heavy (non-hydrogen) atoms. The molecule has 1 aromatic heterocycles. The smallest absolute Gasteiger partial charge is 0.262 e. The monoisotopic (exact) mass is 332 g/mol. The van der Waals surface area contributed by atoms with E-state index in [9.17, 15) is 8.42 Å². The van der Waals surface area contributed by atoms with Crippen LogP contribution < -0.4 is 9.62 Å². The van der Waals surface area contributed by atoms with E-state index in [4.69, 9.17) is 0 Å². The Morgan fingerprint density at radius 2 is 1.74 bits per heavy atom. The number of aryl methyl sites for hydroxylation is 2. The summed E-state index contributed by atoms with van der Waals surface area (Å²) in [5.74, 6) is 0.650. The van der Waals surface area contributed by atoms with Gasteiger partial charge in [0.05, 0.1) is 23.0 Å². The number of hydrogen-bond acceptors (Lipinski definition) is 5. The highest BCUT2D eigenvalue weighted by atomic mass is 32.2. The Morgan fingerprint density at radius 1 is 1.09 bits per heavy atom. The molecular formula is C16H20N4O2S. The van der Waals surface area contributed by atoms with Gasteiger partial charge in [0.15, 0.2) is 0 Å². The van der Waals surface area contributed by atoms with Gasteiger partial charge in [-0.15, -0.1) is 0 Å². The molecule has 0 unspecified atom stereocenters. The first kappa shape index (κ1) is 15.7. The lowest BCUT2D eigenvalue weighted by Crippen LogP contribution is -2.20. The van der Waals surface area contributed by atoms with Crippen molar-refractivity contribution in [2.24, 2.45) is 0 Å². The summed E-state index contributed by atoms with van der Waals surface area (Å²) in [5.41, 5.74) is 1.98. The van der Waals surface area contributed by atoms with Crippen molar-refractivity contribution in [1.82, 2.24) is 9.97 Å². The number of hydrogen-bond donors (Lipinski definition) is 1. The lowest BCUT2D eigenvalue weighted by atomic mass is 10.2. The van der Waals surface area contributed by atoms with Gasteiger partial charge in [-0.2, -0.15) is 0 Å². The lowest BCUT2D eigenvalue weighted by molar-refractivity contribution is 0.600. The molecule has 6 nitrogen and oxygen atoms in total. The maximum atomic E-state index is 12.5. The standard InChI is InChI=1S/C16H20N4O2S/c1-12-5-6-13(2)15(9-12)23(21,22)19-14-10-17-16(18-11-14)20-7-3-4-8-20/h5-6,9-11,19H,3-4,7-8H2,1-2H3. The first-order valence-corrected chi connectivity index (χ1v) is 9.11. The zero-order valence-electron chi connectivity index (χ0n) is 13.3. The van der Waals surface area contributed by atoms with Crippen LogP contribution in [-0.2, 0) is 10.0 Å². The van der Waals surface area contributed by atoms with E-state index < -0.39 is 10.0 Å². The topological polar surface area (TPSA) is 75.2 Å². The molecule has 1 aliphatic heterocycles. The quantitative estimate of drug-likeness (QED) is 0.931. The molecule has 122 valence electrons. The van der Waals surface area contributed by atoms with E-state index in [-0.39, 0.29) is 4.90 Å². The fourth-order valence-corrected chi connectivity index (χ4v) is 4.02. The zero-order valence-corrected chi connectivity index (χ0v) is 14.1. The number of nitrogens with zero attached hydrogens (tertiary/aromatic N) is 3. The largest absolute Gasteiger partial charge is 0.341 e. The average Bonchev–Trinajstić information content (AvgIpc) is 3.04. The summed E-state index contributed by atoms with van der Waals surface area (Å²) in [6.45, 7) is 5.55. The van der Waals surface area contributed by atoms with Crippen molar-refractivity contribution in [3.63, 3.8) is 0 Å². The molecule has 0 spiro atoms. The van der Waals surface area contributed by atoms with E-state index in [1.54, 1.807) is 19.1 Å². The summed E-state index contributed by atoms with van der Waals surface area (Å²) in [7, 11) is -3.64. The second-order valence-corrected chi connectivity index (χ2v) is 7.49. The van der Waals surface area contributed by atoms with Crippen molar-refractivity contribution in [2.45, 2.75) is 31.6 Å². The second kappa shape index (κ2) is 6.16. The van der Waals surface area contributed by atoms with Crippen LogP contribution in [0.15, 0.2) is 35.5 Å². The van der Waals surface area contributed by atoms with Crippen molar-refractivity contribution in [2.75, 3.05) is 22.7 Å². The zero-order chi connectivity index (χ0) is 16.4. The summed E-state index contributed by atoms with van der Waals surface area (Å²) in [5, 5.41) is 0. The Hall–Kier alpha value is -2.15. The molecule has 7 heteroatoms. The molecule has 1 fully saturated rings. The van der Waals surface area contributed by atoms with Crippen LogP contribution in [0.3, 0.4) is 0 Å². The molecule has 1 aliphatic rings. The summed E-state index contributed by atoms with van der Waals surface area (Å²) >= 11 is 0. The van der Waals surface area contributed by atoms with Crippen LogP contribution in [0.5, 0.6) is 0 Å². The Bertz CT molecular complexity index is 797. The molecule has 1 saturated heterocycles. The molecule has 2 heterocycles. The van der Waals surface area contributed by atoms with E-state index in [0.29, 0.717) is 17.2 Å². The van der Waals surface area contributed by atoms with Crippen molar-refractivity contribution >= 4 is 21.7 Å². The molecule has 1 aromatic carbocycles. The third kappa shape index (κ3) is 3.44. The van der Waals surface area contributed by atoms with Crippen molar-refractivity contribution in [1.29, 1.82) is 0 Å². The van der Waals surface area contributed by atoms with Gasteiger partial charge in [-0.25, -0.2) is 18.4 Å². The van der Waals surface area contributed by atoms with Gasteiger partial charge in [0, 0.05) is 13.1 Å². The van der Waals surface area contributed by atoms with Gasteiger partial charge in [-0.3, -0.25) is 4.72 Å². The van der Waals surface area contributed by atoms with Crippen molar-refractivity contribution in [3.8, 4) is 0 Å². The maximum absolute atomic E-state index is 12.5. The van der Waals surface area contributed by atoms with E-state index in [1.165, 1.54) is 12.4 Å². The van der Waals surface area contributed by atoms with E-state index in [2.05, 4.69) is 19.6 Å². The minimum Gasteiger partial charge on any atom is -0.341 e. The summed E-state index contributed by atoms with van der Waals surface area (Å²) in [6, 6.07) is 5.36. The van der Waals surface area contributed by atoms with E-state index in [0.717, 1.165) is 31.5 Å². The average molecular weight is 332 g/mol. The maximum Gasteiger partial charge on any atom is 0.262 e. The van der Waals surface area contributed by atoms with E-state index in [1.807, 2.05) is 13.0 Å². The second-order valence-electron chi connectivity index (χ2n) is 5.84. The van der Waals surface area contributed by atoms with Crippen LogP contribution in [0, 0.1) is 13.8 Å². The SMILES string of the molecule is Cc1ccc(C)c(S(=O)(=O)Nc2cnc(N3CCCC3)nc2)c1. The Balaban J connectivity index is 1.81. The first-order valence-electron chi connectivity index (χ1n) is 7.63. The Labute approximate surface area is 136 Å². The number of anilines is 2. The molecular weight excluding hydrogens is 312 g/mol. The molecule has 0 aliphatic carbocycles. The van der Waals surface area contributed by atoms with Crippen LogP contribution in [0.25, 0.3) is 0 Å². The highest BCUT2D eigenvalue weighted by Crippen LogP contribution is 2.21. The minimum atomic E-state index is -3.64. The summed E-state index contributed by atoms with van der Waals surface area (Å²) < 4.78 is 27.6. The third-order valence-corrected chi connectivity index (χ3v) is 5.44. The molecule has 1 N–H and O–H groups in total.